The first-order chi connectivity index (χ1) is 12.8. The summed E-state index contributed by atoms with van der Waals surface area (Å²) in [6.45, 7) is -0.125. The summed E-state index contributed by atoms with van der Waals surface area (Å²) in [4.78, 5) is 25.3. The summed E-state index contributed by atoms with van der Waals surface area (Å²) < 4.78 is 24.4. The monoisotopic (exact) mass is 435 g/mol. The molecule has 2 aromatic rings. The number of nitrogens with zero attached hydrogens (tertiary/aromatic N) is 1. The molecule has 0 atom stereocenters. The molecule has 0 aliphatic heterocycles. The van der Waals surface area contributed by atoms with Gasteiger partial charge in [-0.25, -0.2) is 4.39 Å². The summed E-state index contributed by atoms with van der Waals surface area (Å²) in [6, 6.07) is 8.76. The number of ketones is 1. The lowest BCUT2D eigenvalue weighted by Gasteiger charge is -2.15. The summed E-state index contributed by atoms with van der Waals surface area (Å²) in [6.07, 6.45) is 3.01. The lowest BCUT2D eigenvalue weighted by molar-refractivity contribution is -0.130. The van der Waals surface area contributed by atoms with Crippen LogP contribution in [0.5, 0.6) is 11.5 Å². The Balaban J connectivity index is 2.18. The molecule has 142 valence electrons. The second-order valence-corrected chi connectivity index (χ2v) is 6.67. The summed E-state index contributed by atoms with van der Waals surface area (Å²) in [5.41, 5.74) is 1.08. The van der Waals surface area contributed by atoms with Gasteiger partial charge in [-0.1, -0.05) is 6.08 Å². The number of likely N-dealkylation sites (N-methyl/N-ethyl adjacent to an activating group) is 1. The molecule has 0 saturated heterocycles. The number of carbonyl (C=O) groups excluding carboxylic acids is 2. The Morgan fingerprint density at radius 3 is 2.44 bits per heavy atom. The Morgan fingerprint density at radius 1 is 1.19 bits per heavy atom. The zero-order valence-electron chi connectivity index (χ0n) is 15.2. The van der Waals surface area contributed by atoms with Crippen LogP contribution in [-0.2, 0) is 4.79 Å². The van der Waals surface area contributed by atoms with Crippen molar-refractivity contribution in [3.05, 3.63) is 63.9 Å². The fraction of sp³-hybridized carbons (Fsp3) is 0.200. The van der Waals surface area contributed by atoms with Crippen molar-refractivity contribution in [1.82, 2.24) is 4.90 Å². The number of rotatable bonds is 7. The highest BCUT2D eigenvalue weighted by Gasteiger charge is 2.14. The molecule has 2 rings (SSSR count). The van der Waals surface area contributed by atoms with Crippen LogP contribution >= 0.6 is 15.9 Å². The van der Waals surface area contributed by atoms with Crippen LogP contribution in [-0.4, -0.2) is 44.4 Å². The molecule has 0 aliphatic carbocycles. The van der Waals surface area contributed by atoms with Gasteiger partial charge in [0.1, 0.15) is 5.82 Å². The molecule has 5 nitrogen and oxygen atoms in total. The van der Waals surface area contributed by atoms with Crippen molar-refractivity contribution in [2.24, 2.45) is 0 Å². The number of halogens is 2. The zero-order chi connectivity index (χ0) is 20.0. The summed E-state index contributed by atoms with van der Waals surface area (Å²) in [7, 11) is 4.77. The SMILES string of the molecule is COc1cc(/C=C/C(=O)c2ccc(F)cc2)cc(Br)c1OCC(=O)N(C)C. The molecule has 0 aromatic heterocycles. The maximum Gasteiger partial charge on any atom is 0.259 e. The highest BCUT2D eigenvalue weighted by Crippen LogP contribution is 2.37. The Bertz CT molecular complexity index is 863. The summed E-state index contributed by atoms with van der Waals surface area (Å²) in [5.74, 6) is -0.00753. The first kappa shape index (κ1) is 20.6. The average molecular weight is 436 g/mol. The molecule has 0 unspecified atom stereocenters. The number of carbonyl (C=O) groups is 2. The number of benzene rings is 2. The molecule has 0 spiro atoms. The first-order valence-corrected chi connectivity index (χ1v) is 8.79. The molecule has 0 saturated carbocycles. The van der Waals surface area contributed by atoms with Crippen LogP contribution in [0.4, 0.5) is 4.39 Å². The van der Waals surface area contributed by atoms with E-state index < -0.39 is 5.82 Å². The third kappa shape index (κ3) is 5.65. The van der Waals surface area contributed by atoms with Crippen LogP contribution in [0.15, 0.2) is 46.9 Å². The fourth-order valence-electron chi connectivity index (χ4n) is 2.12. The van der Waals surface area contributed by atoms with Crippen LogP contribution in [0.2, 0.25) is 0 Å². The van der Waals surface area contributed by atoms with Crippen molar-refractivity contribution in [3.63, 3.8) is 0 Å². The third-order valence-corrected chi connectivity index (χ3v) is 4.24. The van der Waals surface area contributed by atoms with Crippen LogP contribution < -0.4 is 9.47 Å². The van der Waals surface area contributed by atoms with Crippen molar-refractivity contribution in [1.29, 1.82) is 0 Å². The molecule has 7 heteroatoms. The molecule has 0 N–H and O–H groups in total. The van der Waals surface area contributed by atoms with E-state index >= 15 is 0 Å². The van der Waals surface area contributed by atoms with Crippen LogP contribution in [0.1, 0.15) is 15.9 Å². The Morgan fingerprint density at radius 2 is 1.85 bits per heavy atom. The zero-order valence-corrected chi connectivity index (χ0v) is 16.7. The Kier molecular flexibility index (Phi) is 7.12. The minimum Gasteiger partial charge on any atom is -0.493 e. The number of ether oxygens (including phenoxy) is 2. The van der Waals surface area contributed by atoms with Gasteiger partial charge in [0, 0.05) is 19.7 Å². The summed E-state index contributed by atoms with van der Waals surface area (Å²) >= 11 is 3.40. The van der Waals surface area contributed by atoms with Gasteiger partial charge in [-0.05, 0) is 64.0 Å². The third-order valence-electron chi connectivity index (χ3n) is 3.65. The van der Waals surface area contributed by atoms with Gasteiger partial charge in [0.15, 0.2) is 23.9 Å². The normalized spacial score (nSPS) is 10.7. The standard InChI is InChI=1S/C20H19BrFNO4/c1-23(2)19(25)12-27-20-16(21)10-13(11-18(20)26-3)4-9-17(24)14-5-7-15(22)8-6-14/h4-11H,12H2,1-3H3/b9-4+. The molecule has 0 aliphatic rings. The molecular formula is C20H19BrFNO4. The number of hydrogen-bond donors (Lipinski definition) is 0. The van der Waals surface area contributed by atoms with Gasteiger partial charge in [0.2, 0.25) is 0 Å². The minimum atomic E-state index is -0.396. The van der Waals surface area contributed by atoms with E-state index in [-0.39, 0.29) is 18.3 Å². The fourth-order valence-corrected chi connectivity index (χ4v) is 2.70. The maximum atomic E-state index is 12.9. The second kappa shape index (κ2) is 9.32. The maximum absolute atomic E-state index is 12.9. The van der Waals surface area contributed by atoms with Gasteiger partial charge >= 0.3 is 0 Å². The lowest BCUT2D eigenvalue weighted by atomic mass is 10.1. The van der Waals surface area contributed by atoms with E-state index in [0.717, 1.165) is 0 Å². The average Bonchev–Trinajstić information content (AvgIpc) is 2.64. The van der Waals surface area contributed by atoms with Crippen molar-refractivity contribution in [2.75, 3.05) is 27.8 Å². The molecular weight excluding hydrogens is 417 g/mol. The van der Waals surface area contributed by atoms with E-state index in [9.17, 15) is 14.0 Å². The minimum absolute atomic E-state index is 0.125. The number of allylic oxidation sites excluding steroid dienone is 1. The quantitative estimate of drug-likeness (QED) is 0.487. The van der Waals surface area contributed by atoms with Crippen molar-refractivity contribution >= 4 is 33.7 Å². The van der Waals surface area contributed by atoms with Crippen molar-refractivity contribution in [2.45, 2.75) is 0 Å². The topological polar surface area (TPSA) is 55.8 Å². The van der Waals surface area contributed by atoms with Crippen LogP contribution in [0.3, 0.4) is 0 Å². The lowest BCUT2D eigenvalue weighted by Crippen LogP contribution is -2.27. The van der Waals surface area contributed by atoms with E-state index in [1.54, 1.807) is 32.3 Å². The second-order valence-electron chi connectivity index (χ2n) is 5.82. The summed E-state index contributed by atoms with van der Waals surface area (Å²) in [5, 5.41) is 0. The molecule has 0 radical (unpaired) electrons. The largest absolute Gasteiger partial charge is 0.493 e. The Hall–Kier alpha value is -2.67. The van der Waals surface area contributed by atoms with E-state index in [0.29, 0.717) is 27.1 Å². The van der Waals surface area contributed by atoms with Crippen LogP contribution in [0, 0.1) is 5.82 Å². The number of amides is 1. The van der Waals surface area contributed by atoms with Gasteiger partial charge in [-0.15, -0.1) is 0 Å². The van der Waals surface area contributed by atoms with Gasteiger partial charge < -0.3 is 14.4 Å². The molecule has 0 heterocycles. The highest BCUT2D eigenvalue weighted by atomic mass is 79.9. The highest BCUT2D eigenvalue weighted by molar-refractivity contribution is 9.10. The van der Waals surface area contributed by atoms with E-state index in [1.807, 2.05) is 0 Å². The Labute approximate surface area is 165 Å². The predicted octanol–water partition coefficient (Wildman–Crippen LogP) is 3.96. The van der Waals surface area contributed by atoms with Gasteiger partial charge in [-0.3, -0.25) is 9.59 Å². The van der Waals surface area contributed by atoms with Gasteiger partial charge in [-0.2, -0.15) is 0 Å². The van der Waals surface area contributed by atoms with Crippen molar-refractivity contribution < 1.29 is 23.5 Å². The number of hydrogen-bond acceptors (Lipinski definition) is 4. The van der Waals surface area contributed by atoms with Crippen LogP contribution in [0.25, 0.3) is 6.08 Å². The molecule has 27 heavy (non-hydrogen) atoms. The first-order valence-electron chi connectivity index (χ1n) is 8.00. The van der Waals surface area contributed by atoms with E-state index in [4.69, 9.17) is 9.47 Å². The predicted molar refractivity (Wildman–Crippen MR) is 105 cm³/mol. The molecule has 0 bridgehead atoms. The molecule has 0 fully saturated rings. The van der Waals surface area contributed by atoms with E-state index in [1.165, 1.54) is 42.4 Å². The van der Waals surface area contributed by atoms with Crippen molar-refractivity contribution in [3.8, 4) is 11.5 Å². The molecule has 2 aromatic carbocycles. The van der Waals surface area contributed by atoms with Gasteiger partial charge in [0.25, 0.3) is 5.91 Å². The van der Waals surface area contributed by atoms with E-state index in [2.05, 4.69) is 15.9 Å². The molecule has 1 amide bonds. The van der Waals surface area contributed by atoms with Gasteiger partial charge in [0.05, 0.1) is 11.6 Å². The number of methoxy groups -OCH3 is 1. The smallest absolute Gasteiger partial charge is 0.259 e.